The number of aryl methyl sites for hydroxylation is 1. The molecule has 0 spiro atoms. The van der Waals surface area contributed by atoms with Gasteiger partial charge in [0.1, 0.15) is 11.5 Å². The lowest BCUT2D eigenvalue weighted by Crippen LogP contribution is -2.01. The molecule has 0 aliphatic rings. The normalized spacial score (nSPS) is 11.5. The number of hydrogen-bond acceptors (Lipinski definition) is 3. The van der Waals surface area contributed by atoms with Crippen LogP contribution in [-0.2, 0) is 6.42 Å². The highest BCUT2D eigenvalue weighted by Gasteiger charge is 2.05. The van der Waals surface area contributed by atoms with Gasteiger partial charge in [0.15, 0.2) is 0 Å². The van der Waals surface area contributed by atoms with Crippen LogP contribution in [-0.4, -0.2) is 18.1 Å². The van der Waals surface area contributed by atoms with Crippen molar-refractivity contribution in [1.82, 2.24) is 0 Å². The van der Waals surface area contributed by atoms with Crippen LogP contribution in [0.3, 0.4) is 0 Å². The Balaban J connectivity index is 1.72. The molecular weight excluding hydrogens is 665 g/mol. The van der Waals surface area contributed by atoms with E-state index in [0.29, 0.717) is 0 Å². The van der Waals surface area contributed by atoms with Crippen LogP contribution in [0, 0.1) is 0 Å². The van der Waals surface area contributed by atoms with E-state index in [1.54, 1.807) is 0 Å². The first-order valence-corrected chi connectivity index (χ1v) is 23.3. The van der Waals surface area contributed by atoms with E-state index < -0.39 is 0 Å². The van der Waals surface area contributed by atoms with E-state index >= 15 is 0 Å². The van der Waals surface area contributed by atoms with Gasteiger partial charge in [0, 0.05) is 10.9 Å². The Bertz CT molecular complexity index is 1100. The zero-order valence-electron chi connectivity index (χ0n) is 35.0. The second-order valence-electron chi connectivity index (χ2n) is 15.8. The monoisotopic (exact) mass is 747 g/mol. The molecule has 0 atom stereocenters. The molecule has 2 rings (SSSR count). The van der Waals surface area contributed by atoms with E-state index in [2.05, 4.69) is 69.3 Å². The van der Waals surface area contributed by atoms with Crippen molar-refractivity contribution >= 4 is 23.2 Å². The highest BCUT2D eigenvalue weighted by Crippen LogP contribution is 2.25. The van der Waals surface area contributed by atoms with Crippen LogP contribution in [0.4, 0.5) is 0 Å². The lowest BCUT2D eigenvalue weighted by Gasteiger charge is -2.12. The average molecular weight is 747 g/mol. The van der Waals surface area contributed by atoms with Crippen molar-refractivity contribution in [3.63, 3.8) is 0 Å². The molecule has 2 aromatic carbocycles. The van der Waals surface area contributed by atoms with Crippen molar-refractivity contribution in [2.75, 3.05) is 13.2 Å². The second-order valence-corrected chi connectivity index (χ2v) is 16.2. The van der Waals surface area contributed by atoms with Crippen LogP contribution in [0.1, 0.15) is 224 Å². The third kappa shape index (κ3) is 26.3. The van der Waals surface area contributed by atoms with Gasteiger partial charge in [0.25, 0.3) is 0 Å². The lowest BCUT2D eigenvalue weighted by molar-refractivity contribution is 0.289. The van der Waals surface area contributed by atoms with Gasteiger partial charge >= 0.3 is 0 Å². The predicted octanol–water partition coefficient (Wildman–Crippen LogP) is 16.8. The average Bonchev–Trinajstić information content (AvgIpc) is 3.17. The van der Waals surface area contributed by atoms with Gasteiger partial charge in [-0.1, -0.05) is 237 Å². The zero-order chi connectivity index (χ0) is 37.9. The fraction of sp³-hybridized carbons (Fsp3) is 0.700. The number of ether oxygens (including phenoxy) is 2. The first-order chi connectivity index (χ1) is 26.2. The summed E-state index contributed by atoms with van der Waals surface area (Å²) in [6.45, 7) is 8.32. The zero-order valence-corrected chi connectivity index (χ0v) is 35.9. The number of allylic oxidation sites excluding steroid dienone is 1. The molecule has 53 heavy (non-hydrogen) atoms. The van der Waals surface area contributed by atoms with Crippen LogP contribution in [0.15, 0.2) is 48.5 Å². The second kappa shape index (κ2) is 34.4. The van der Waals surface area contributed by atoms with Crippen molar-refractivity contribution in [1.29, 1.82) is 0 Å². The summed E-state index contributed by atoms with van der Waals surface area (Å²) in [4.78, 5) is 0.853. The van der Waals surface area contributed by atoms with Gasteiger partial charge in [-0.05, 0) is 54.2 Å². The van der Waals surface area contributed by atoms with Gasteiger partial charge in [0.2, 0.25) is 0 Å². The molecule has 0 aliphatic heterocycles. The number of hydrogen-bond donors (Lipinski definition) is 0. The fourth-order valence-corrected chi connectivity index (χ4v) is 7.43. The molecule has 0 amide bonds. The molecule has 0 saturated carbocycles. The van der Waals surface area contributed by atoms with E-state index in [0.717, 1.165) is 66.4 Å². The smallest absolute Gasteiger partial charge is 0.123 e. The van der Waals surface area contributed by atoms with Crippen molar-refractivity contribution in [2.24, 2.45) is 0 Å². The molecule has 0 bridgehead atoms. The molecule has 0 unspecified atom stereocenters. The number of rotatable bonds is 37. The molecule has 0 heterocycles. The SMILES string of the molecule is CCCCCCCCCCCCCCCCOc1cc(C=CC(=S)c2ccc(CCC)cc2)cc(OCCCCCCCCCCCCCCCC)c1. The topological polar surface area (TPSA) is 18.5 Å². The summed E-state index contributed by atoms with van der Waals surface area (Å²) in [6.07, 6.45) is 44.7. The summed E-state index contributed by atoms with van der Waals surface area (Å²) in [5.74, 6) is 1.79. The molecule has 0 aliphatic carbocycles. The summed E-state index contributed by atoms with van der Waals surface area (Å²) in [5.41, 5.74) is 3.53. The molecular formula is C50H82O2S. The summed E-state index contributed by atoms with van der Waals surface area (Å²) >= 11 is 5.79. The molecule has 0 radical (unpaired) electrons. The Hall–Kier alpha value is -2.13. The van der Waals surface area contributed by atoms with Crippen molar-refractivity contribution in [3.8, 4) is 11.5 Å². The molecule has 0 N–H and O–H groups in total. The first-order valence-electron chi connectivity index (χ1n) is 22.9. The van der Waals surface area contributed by atoms with Gasteiger partial charge < -0.3 is 9.47 Å². The van der Waals surface area contributed by atoms with Gasteiger partial charge in [0.05, 0.1) is 13.2 Å². The van der Waals surface area contributed by atoms with Crippen LogP contribution in [0.5, 0.6) is 11.5 Å². The standard InChI is InChI=1S/C50H82O2S/c1-4-7-9-11-13-15-17-19-21-23-25-27-29-31-40-51-48-42-46(36-39-50(53)47-37-34-45(33-6-3)35-38-47)43-49(44-48)52-41-32-30-28-26-24-22-20-18-16-14-12-10-8-5-2/h34-39,42-44H,4-33,40-41H2,1-3H3. The van der Waals surface area contributed by atoms with Gasteiger partial charge in [-0.2, -0.15) is 0 Å². The number of benzene rings is 2. The third-order valence-electron chi connectivity index (χ3n) is 10.6. The first kappa shape index (κ1) is 47.0. The van der Waals surface area contributed by atoms with E-state index in [1.807, 2.05) is 6.08 Å². The van der Waals surface area contributed by atoms with E-state index in [-0.39, 0.29) is 0 Å². The highest BCUT2D eigenvalue weighted by atomic mass is 32.1. The highest BCUT2D eigenvalue weighted by molar-refractivity contribution is 7.81. The lowest BCUT2D eigenvalue weighted by atomic mass is 10.0. The van der Waals surface area contributed by atoms with Gasteiger partial charge in [-0.25, -0.2) is 0 Å². The Labute approximate surface area is 334 Å². The maximum Gasteiger partial charge on any atom is 0.123 e. The maximum atomic E-state index is 6.30. The minimum atomic E-state index is 0.756. The van der Waals surface area contributed by atoms with Crippen LogP contribution in [0.2, 0.25) is 0 Å². The van der Waals surface area contributed by atoms with Crippen LogP contribution >= 0.6 is 12.2 Å². The third-order valence-corrected chi connectivity index (χ3v) is 11.0. The Morgan fingerprint density at radius 2 is 0.811 bits per heavy atom. The summed E-state index contributed by atoms with van der Waals surface area (Å²) in [5, 5.41) is 0. The molecule has 2 nitrogen and oxygen atoms in total. The largest absolute Gasteiger partial charge is 0.493 e. The van der Waals surface area contributed by atoms with Crippen molar-refractivity contribution in [2.45, 2.75) is 213 Å². The number of thiocarbonyl (C=S) groups is 1. The molecule has 0 fully saturated rings. The van der Waals surface area contributed by atoms with Gasteiger partial charge in [-0.3, -0.25) is 0 Å². The van der Waals surface area contributed by atoms with Crippen molar-refractivity contribution < 1.29 is 9.47 Å². The Kier molecular flexibility index (Phi) is 30.5. The molecule has 0 saturated heterocycles. The minimum Gasteiger partial charge on any atom is -0.493 e. The molecule has 0 aromatic heterocycles. The van der Waals surface area contributed by atoms with E-state index in [1.165, 1.54) is 173 Å². The quantitative estimate of drug-likeness (QED) is 0.0297. The van der Waals surface area contributed by atoms with Crippen LogP contribution in [0.25, 0.3) is 6.08 Å². The number of unbranched alkanes of at least 4 members (excludes halogenated alkanes) is 26. The minimum absolute atomic E-state index is 0.756. The van der Waals surface area contributed by atoms with E-state index in [4.69, 9.17) is 21.7 Å². The summed E-state index contributed by atoms with van der Waals surface area (Å²) < 4.78 is 12.6. The molecule has 3 heteroatoms. The summed E-state index contributed by atoms with van der Waals surface area (Å²) in [6, 6.07) is 15.0. The van der Waals surface area contributed by atoms with Gasteiger partial charge in [-0.15, -0.1) is 0 Å². The summed E-state index contributed by atoms with van der Waals surface area (Å²) in [7, 11) is 0. The van der Waals surface area contributed by atoms with Crippen molar-refractivity contribution in [3.05, 3.63) is 65.2 Å². The van der Waals surface area contributed by atoms with E-state index in [9.17, 15) is 0 Å². The fourth-order valence-electron chi connectivity index (χ4n) is 7.22. The Morgan fingerprint density at radius 1 is 0.453 bits per heavy atom. The Morgan fingerprint density at radius 3 is 1.17 bits per heavy atom. The molecule has 300 valence electrons. The van der Waals surface area contributed by atoms with Crippen LogP contribution < -0.4 is 9.47 Å². The predicted molar refractivity (Wildman–Crippen MR) is 239 cm³/mol. The molecule has 2 aromatic rings. The maximum absolute atomic E-state index is 6.30.